The first-order chi connectivity index (χ1) is 10.1. The topological polar surface area (TPSA) is 34.1 Å². The fraction of sp³-hybridized carbons (Fsp3) is 0.312. The van der Waals surface area contributed by atoms with E-state index in [1.54, 1.807) is 18.2 Å². The molecule has 0 radical (unpaired) electrons. The molecule has 2 aromatic rings. The van der Waals surface area contributed by atoms with Crippen LogP contribution in [0.1, 0.15) is 24.1 Å². The Morgan fingerprint density at radius 1 is 1.19 bits per heavy atom. The molecule has 0 aliphatic heterocycles. The molecule has 5 heteroatoms. The van der Waals surface area contributed by atoms with Gasteiger partial charge in [0.25, 0.3) is 0 Å². The van der Waals surface area contributed by atoms with Crippen LogP contribution < -0.4 is 10.1 Å². The zero-order valence-electron chi connectivity index (χ0n) is 11.7. The molecule has 21 heavy (non-hydrogen) atoms. The van der Waals surface area contributed by atoms with E-state index in [1.807, 2.05) is 19.1 Å². The Bertz CT molecular complexity index is 657. The Kier molecular flexibility index (Phi) is 4.34. The van der Waals surface area contributed by atoms with Gasteiger partial charge in [0.15, 0.2) is 0 Å². The summed E-state index contributed by atoms with van der Waals surface area (Å²) in [5.74, 6) is 1.18. The van der Waals surface area contributed by atoms with Crippen LogP contribution in [0, 0.1) is 6.92 Å². The number of pyridine rings is 1. The first kappa shape index (κ1) is 14.6. The lowest BCUT2D eigenvalue weighted by Gasteiger charge is -2.10. The van der Waals surface area contributed by atoms with Crippen molar-refractivity contribution in [2.45, 2.75) is 32.4 Å². The van der Waals surface area contributed by atoms with Crippen molar-refractivity contribution in [3.63, 3.8) is 0 Å². The number of hydrogen-bond acceptors (Lipinski definition) is 3. The number of rotatable bonds is 5. The number of hydrogen-bond donors (Lipinski definition) is 1. The molecule has 1 N–H and O–H groups in total. The van der Waals surface area contributed by atoms with E-state index in [0.29, 0.717) is 27.7 Å². The van der Waals surface area contributed by atoms with Gasteiger partial charge in [0.1, 0.15) is 5.75 Å². The van der Waals surface area contributed by atoms with E-state index in [2.05, 4.69) is 10.3 Å². The summed E-state index contributed by atoms with van der Waals surface area (Å²) in [5, 5.41) is 4.46. The third-order valence-electron chi connectivity index (χ3n) is 3.44. The molecule has 1 aliphatic carbocycles. The Labute approximate surface area is 134 Å². The maximum Gasteiger partial charge on any atom is 0.219 e. The van der Waals surface area contributed by atoms with Gasteiger partial charge in [-0.05, 0) is 37.5 Å². The van der Waals surface area contributed by atoms with Crippen LogP contribution in [0.3, 0.4) is 0 Å². The van der Waals surface area contributed by atoms with Crippen molar-refractivity contribution in [2.24, 2.45) is 0 Å². The molecule has 3 rings (SSSR count). The second-order valence-corrected chi connectivity index (χ2v) is 6.04. The van der Waals surface area contributed by atoms with Gasteiger partial charge in [-0.1, -0.05) is 29.3 Å². The van der Waals surface area contributed by atoms with Gasteiger partial charge in [0.05, 0.1) is 10.0 Å². The maximum absolute atomic E-state index is 5.97. The van der Waals surface area contributed by atoms with Gasteiger partial charge >= 0.3 is 0 Å². The van der Waals surface area contributed by atoms with E-state index in [-0.39, 0.29) is 0 Å². The van der Waals surface area contributed by atoms with Crippen LogP contribution in [-0.4, -0.2) is 11.0 Å². The molecule has 0 bridgehead atoms. The van der Waals surface area contributed by atoms with E-state index in [0.717, 1.165) is 12.2 Å². The van der Waals surface area contributed by atoms with E-state index in [9.17, 15) is 0 Å². The van der Waals surface area contributed by atoms with Crippen molar-refractivity contribution in [1.82, 2.24) is 10.3 Å². The summed E-state index contributed by atoms with van der Waals surface area (Å²) in [5.41, 5.74) is 2.17. The molecular formula is C16H16Cl2N2O. The molecule has 1 aromatic heterocycles. The highest BCUT2D eigenvalue weighted by Crippen LogP contribution is 2.29. The van der Waals surface area contributed by atoms with Gasteiger partial charge < -0.3 is 10.1 Å². The SMILES string of the molecule is Cc1nc(Oc2ccc(Cl)c(Cl)c2)ccc1CNC1CC1. The minimum absolute atomic E-state index is 0.469. The van der Waals surface area contributed by atoms with Crippen molar-refractivity contribution in [2.75, 3.05) is 0 Å². The largest absolute Gasteiger partial charge is 0.439 e. The third kappa shape index (κ3) is 3.88. The van der Waals surface area contributed by atoms with Gasteiger partial charge in [0, 0.05) is 30.4 Å². The monoisotopic (exact) mass is 322 g/mol. The summed E-state index contributed by atoms with van der Waals surface area (Å²) in [7, 11) is 0. The number of aromatic nitrogens is 1. The molecule has 0 saturated heterocycles. The molecule has 1 aromatic carbocycles. The fourth-order valence-electron chi connectivity index (χ4n) is 2.01. The van der Waals surface area contributed by atoms with Crippen LogP contribution in [0.4, 0.5) is 0 Å². The summed E-state index contributed by atoms with van der Waals surface area (Å²) in [6.07, 6.45) is 2.57. The predicted molar refractivity (Wildman–Crippen MR) is 85.4 cm³/mol. The minimum Gasteiger partial charge on any atom is -0.439 e. The molecular weight excluding hydrogens is 307 g/mol. The Hall–Kier alpha value is -1.29. The Balaban J connectivity index is 1.70. The van der Waals surface area contributed by atoms with Crippen molar-refractivity contribution >= 4 is 23.2 Å². The predicted octanol–water partition coefficient (Wildman–Crippen LogP) is 4.74. The maximum atomic E-state index is 5.97. The van der Waals surface area contributed by atoms with Crippen molar-refractivity contribution in [1.29, 1.82) is 0 Å². The summed E-state index contributed by atoms with van der Waals surface area (Å²) >= 11 is 11.9. The molecule has 1 heterocycles. The van der Waals surface area contributed by atoms with Crippen LogP contribution in [0.15, 0.2) is 30.3 Å². The van der Waals surface area contributed by atoms with Gasteiger partial charge in [-0.2, -0.15) is 0 Å². The number of ether oxygens (including phenoxy) is 1. The quantitative estimate of drug-likeness (QED) is 0.863. The molecule has 0 atom stereocenters. The first-order valence-electron chi connectivity index (χ1n) is 6.94. The van der Waals surface area contributed by atoms with Crippen LogP contribution in [-0.2, 0) is 6.54 Å². The van der Waals surface area contributed by atoms with Crippen LogP contribution in [0.5, 0.6) is 11.6 Å². The van der Waals surface area contributed by atoms with E-state index >= 15 is 0 Å². The van der Waals surface area contributed by atoms with Crippen LogP contribution in [0.2, 0.25) is 10.0 Å². The van der Waals surface area contributed by atoms with Crippen molar-refractivity contribution in [3.8, 4) is 11.6 Å². The highest BCUT2D eigenvalue weighted by Gasteiger charge is 2.20. The van der Waals surface area contributed by atoms with Gasteiger partial charge in [-0.25, -0.2) is 4.98 Å². The number of benzene rings is 1. The summed E-state index contributed by atoms with van der Waals surface area (Å²) in [4.78, 5) is 4.48. The zero-order chi connectivity index (χ0) is 14.8. The van der Waals surface area contributed by atoms with E-state index < -0.39 is 0 Å². The smallest absolute Gasteiger partial charge is 0.219 e. The van der Waals surface area contributed by atoms with E-state index in [1.165, 1.54) is 18.4 Å². The average Bonchev–Trinajstić information content (AvgIpc) is 3.26. The minimum atomic E-state index is 0.469. The Morgan fingerprint density at radius 3 is 2.67 bits per heavy atom. The summed E-state index contributed by atoms with van der Waals surface area (Å²) in [6, 6.07) is 9.78. The van der Waals surface area contributed by atoms with Gasteiger partial charge in [-0.15, -0.1) is 0 Å². The van der Waals surface area contributed by atoms with Crippen LogP contribution in [0.25, 0.3) is 0 Å². The highest BCUT2D eigenvalue weighted by molar-refractivity contribution is 6.42. The lowest BCUT2D eigenvalue weighted by atomic mass is 10.2. The summed E-state index contributed by atoms with van der Waals surface area (Å²) in [6.45, 7) is 2.85. The molecule has 1 saturated carbocycles. The number of aryl methyl sites for hydroxylation is 1. The van der Waals surface area contributed by atoms with Crippen molar-refractivity contribution in [3.05, 3.63) is 51.6 Å². The second kappa shape index (κ2) is 6.22. The normalized spacial score (nSPS) is 14.2. The fourth-order valence-corrected chi connectivity index (χ4v) is 2.30. The number of halogens is 2. The lowest BCUT2D eigenvalue weighted by Crippen LogP contribution is -2.16. The number of nitrogens with zero attached hydrogens (tertiary/aromatic N) is 1. The third-order valence-corrected chi connectivity index (χ3v) is 4.18. The molecule has 0 unspecified atom stereocenters. The van der Waals surface area contributed by atoms with E-state index in [4.69, 9.17) is 27.9 Å². The lowest BCUT2D eigenvalue weighted by molar-refractivity contribution is 0.461. The molecule has 0 amide bonds. The highest BCUT2D eigenvalue weighted by atomic mass is 35.5. The molecule has 3 nitrogen and oxygen atoms in total. The first-order valence-corrected chi connectivity index (χ1v) is 7.70. The van der Waals surface area contributed by atoms with Crippen molar-refractivity contribution < 1.29 is 4.74 Å². The number of nitrogens with one attached hydrogen (secondary N) is 1. The van der Waals surface area contributed by atoms with Gasteiger partial charge in [-0.3, -0.25) is 0 Å². The standard InChI is InChI=1S/C16H16Cl2N2O/c1-10-11(9-19-12-3-4-12)2-7-16(20-10)21-13-5-6-14(17)15(18)8-13/h2,5-8,12,19H,3-4,9H2,1H3. The zero-order valence-corrected chi connectivity index (χ0v) is 13.2. The second-order valence-electron chi connectivity index (χ2n) is 5.23. The molecule has 1 aliphatic rings. The van der Waals surface area contributed by atoms with Crippen LogP contribution >= 0.6 is 23.2 Å². The molecule has 1 fully saturated rings. The molecule has 110 valence electrons. The Morgan fingerprint density at radius 2 is 2.00 bits per heavy atom. The van der Waals surface area contributed by atoms with Gasteiger partial charge in [0.2, 0.25) is 5.88 Å². The average molecular weight is 323 g/mol. The molecule has 0 spiro atoms. The summed E-state index contributed by atoms with van der Waals surface area (Å²) < 4.78 is 5.71.